The zero-order chi connectivity index (χ0) is 14.7. The normalized spacial score (nSPS) is 13.8. The second-order valence-corrected chi connectivity index (χ2v) is 6.38. The van der Waals surface area contributed by atoms with Gasteiger partial charge in [0.1, 0.15) is 0 Å². The molecule has 1 aliphatic rings. The fraction of sp³-hybridized carbons (Fsp3) is 0.353. The van der Waals surface area contributed by atoms with E-state index >= 15 is 0 Å². The van der Waals surface area contributed by atoms with Crippen molar-refractivity contribution in [2.45, 2.75) is 38.8 Å². The van der Waals surface area contributed by atoms with Crippen LogP contribution in [0.1, 0.15) is 44.8 Å². The number of hydrogen-bond acceptors (Lipinski definition) is 3. The molecular formula is C17H19NO2S. The minimum absolute atomic E-state index is 0.0284. The van der Waals surface area contributed by atoms with E-state index in [1.165, 1.54) is 23.3 Å². The lowest BCUT2D eigenvalue weighted by atomic mass is 9.95. The SMILES string of the molecule is O=C(NCc1ccc(CO)cc1)c1csc2c1CCCC2. The van der Waals surface area contributed by atoms with Gasteiger partial charge in [-0.2, -0.15) is 0 Å². The Morgan fingerprint density at radius 3 is 2.62 bits per heavy atom. The number of nitrogens with one attached hydrogen (secondary N) is 1. The predicted molar refractivity (Wildman–Crippen MR) is 84.5 cm³/mol. The van der Waals surface area contributed by atoms with Crippen molar-refractivity contribution in [1.29, 1.82) is 0 Å². The van der Waals surface area contributed by atoms with Gasteiger partial charge < -0.3 is 10.4 Å². The van der Waals surface area contributed by atoms with Crippen molar-refractivity contribution in [1.82, 2.24) is 5.32 Å². The van der Waals surface area contributed by atoms with E-state index in [0.717, 1.165) is 29.5 Å². The molecule has 21 heavy (non-hydrogen) atoms. The van der Waals surface area contributed by atoms with E-state index in [-0.39, 0.29) is 12.5 Å². The molecule has 1 amide bonds. The molecule has 110 valence electrons. The molecule has 1 aromatic carbocycles. The Bertz CT molecular complexity index is 631. The molecule has 3 rings (SSSR count). The molecule has 4 heteroatoms. The molecule has 0 saturated carbocycles. The summed E-state index contributed by atoms with van der Waals surface area (Å²) in [4.78, 5) is 13.7. The number of hydrogen-bond donors (Lipinski definition) is 2. The van der Waals surface area contributed by atoms with E-state index in [2.05, 4.69) is 5.32 Å². The summed E-state index contributed by atoms with van der Waals surface area (Å²) in [5, 5.41) is 14.0. The highest BCUT2D eigenvalue weighted by molar-refractivity contribution is 7.10. The topological polar surface area (TPSA) is 49.3 Å². The first-order valence-electron chi connectivity index (χ1n) is 7.34. The van der Waals surface area contributed by atoms with Gasteiger partial charge >= 0.3 is 0 Å². The van der Waals surface area contributed by atoms with Gasteiger partial charge in [0.15, 0.2) is 0 Å². The predicted octanol–water partition coefficient (Wildman–Crippen LogP) is 3.05. The van der Waals surface area contributed by atoms with Crippen molar-refractivity contribution in [3.05, 3.63) is 56.8 Å². The molecular weight excluding hydrogens is 282 g/mol. The molecule has 0 radical (unpaired) electrons. The van der Waals surface area contributed by atoms with Gasteiger partial charge in [-0.3, -0.25) is 4.79 Å². The standard InChI is InChI=1S/C17H19NO2S/c19-10-13-7-5-12(6-8-13)9-18-17(20)15-11-21-16-4-2-1-3-14(15)16/h5-8,11,19H,1-4,9-10H2,(H,18,20). The fourth-order valence-corrected chi connectivity index (χ4v) is 3.85. The molecule has 0 aliphatic heterocycles. The van der Waals surface area contributed by atoms with Crippen LogP contribution in [0.2, 0.25) is 0 Å². The van der Waals surface area contributed by atoms with Crippen LogP contribution in [-0.2, 0) is 26.0 Å². The van der Waals surface area contributed by atoms with Gasteiger partial charge in [0.2, 0.25) is 0 Å². The quantitative estimate of drug-likeness (QED) is 0.912. The van der Waals surface area contributed by atoms with Gasteiger partial charge in [-0.1, -0.05) is 24.3 Å². The van der Waals surface area contributed by atoms with E-state index in [9.17, 15) is 4.79 Å². The second-order valence-electron chi connectivity index (χ2n) is 5.42. The highest BCUT2D eigenvalue weighted by atomic mass is 32.1. The number of rotatable bonds is 4. The molecule has 0 fully saturated rings. The number of amides is 1. The minimum atomic E-state index is 0.0284. The van der Waals surface area contributed by atoms with Crippen molar-refractivity contribution < 1.29 is 9.90 Å². The van der Waals surface area contributed by atoms with Crippen LogP contribution in [0.15, 0.2) is 29.6 Å². The lowest BCUT2D eigenvalue weighted by Gasteiger charge is -2.12. The summed E-state index contributed by atoms with van der Waals surface area (Å²) in [5.41, 5.74) is 4.06. The maximum atomic E-state index is 12.3. The lowest BCUT2D eigenvalue weighted by molar-refractivity contribution is 0.0950. The Kier molecular flexibility index (Phi) is 4.36. The molecule has 0 spiro atoms. The van der Waals surface area contributed by atoms with Crippen LogP contribution >= 0.6 is 11.3 Å². The lowest BCUT2D eigenvalue weighted by Crippen LogP contribution is -2.23. The van der Waals surface area contributed by atoms with Gasteiger partial charge in [-0.15, -0.1) is 11.3 Å². The first-order chi connectivity index (χ1) is 10.3. The Morgan fingerprint density at radius 1 is 1.14 bits per heavy atom. The average Bonchev–Trinajstić information content (AvgIpc) is 2.97. The maximum absolute atomic E-state index is 12.3. The van der Waals surface area contributed by atoms with Crippen LogP contribution < -0.4 is 5.32 Å². The van der Waals surface area contributed by atoms with E-state index in [0.29, 0.717) is 6.54 Å². The van der Waals surface area contributed by atoms with Crippen molar-refractivity contribution >= 4 is 17.2 Å². The van der Waals surface area contributed by atoms with Gasteiger partial charge in [-0.25, -0.2) is 0 Å². The summed E-state index contributed by atoms with van der Waals surface area (Å²) in [6.07, 6.45) is 4.58. The molecule has 1 heterocycles. The third kappa shape index (κ3) is 3.17. The first-order valence-corrected chi connectivity index (χ1v) is 8.22. The number of carbonyl (C=O) groups excluding carboxylic acids is 1. The summed E-state index contributed by atoms with van der Waals surface area (Å²) in [6, 6.07) is 7.64. The first kappa shape index (κ1) is 14.3. The molecule has 3 nitrogen and oxygen atoms in total. The van der Waals surface area contributed by atoms with E-state index < -0.39 is 0 Å². The monoisotopic (exact) mass is 301 g/mol. The molecule has 2 aromatic rings. The fourth-order valence-electron chi connectivity index (χ4n) is 2.72. The maximum Gasteiger partial charge on any atom is 0.252 e. The van der Waals surface area contributed by atoms with Crippen LogP contribution in [0, 0.1) is 0 Å². The zero-order valence-corrected chi connectivity index (χ0v) is 12.7. The number of aliphatic hydroxyl groups excluding tert-OH is 1. The number of fused-ring (bicyclic) bond motifs is 1. The van der Waals surface area contributed by atoms with Crippen LogP contribution in [0.5, 0.6) is 0 Å². The molecule has 0 saturated heterocycles. The number of benzene rings is 1. The summed E-state index contributed by atoms with van der Waals surface area (Å²) in [5.74, 6) is 0.0284. The Balaban J connectivity index is 1.64. The number of aryl methyl sites for hydroxylation is 1. The third-order valence-electron chi connectivity index (χ3n) is 3.96. The van der Waals surface area contributed by atoms with Crippen molar-refractivity contribution in [3.63, 3.8) is 0 Å². The number of aliphatic hydroxyl groups is 1. The molecule has 2 N–H and O–H groups in total. The second kappa shape index (κ2) is 6.41. The summed E-state index contributed by atoms with van der Waals surface area (Å²) in [6.45, 7) is 0.572. The zero-order valence-electron chi connectivity index (χ0n) is 11.9. The largest absolute Gasteiger partial charge is 0.392 e. The Hall–Kier alpha value is -1.65. The van der Waals surface area contributed by atoms with E-state index in [4.69, 9.17) is 5.11 Å². The van der Waals surface area contributed by atoms with Gasteiger partial charge in [0.25, 0.3) is 5.91 Å². The minimum Gasteiger partial charge on any atom is -0.392 e. The van der Waals surface area contributed by atoms with Crippen molar-refractivity contribution in [3.8, 4) is 0 Å². The summed E-state index contributed by atoms with van der Waals surface area (Å²) < 4.78 is 0. The van der Waals surface area contributed by atoms with Gasteiger partial charge in [0.05, 0.1) is 12.2 Å². The van der Waals surface area contributed by atoms with Crippen molar-refractivity contribution in [2.24, 2.45) is 0 Å². The molecule has 1 aliphatic carbocycles. The number of carbonyl (C=O) groups is 1. The molecule has 0 bridgehead atoms. The van der Waals surface area contributed by atoms with Crippen LogP contribution in [0.3, 0.4) is 0 Å². The Morgan fingerprint density at radius 2 is 1.86 bits per heavy atom. The highest BCUT2D eigenvalue weighted by Gasteiger charge is 2.19. The van der Waals surface area contributed by atoms with E-state index in [1.807, 2.05) is 29.6 Å². The van der Waals surface area contributed by atoms with Gasteiger partial charge in [-0.05, 0) is 42.4 Å². The van der Waals surface area contributed by atoms with E-state index in [1.54, 1.807) is 11.3 Å². The highest BCUT2D eigenvalue weighted by Crippen LogP contribution is 2.30. The smallest absolute Gasteiger partial charge is 0.252 e. The Labute approximate surface area is 128 Å². The number of thiophene rings is 1. The summed E-state index contributed by atoms with van der Waals surface area (Å²) in [7, 11) is 0. The van der Waals surface area contributed by atoms with Crippen molar-refractivity contribution in [2.75, 3.05) is 0 Å². The average molecular weight is 301 g/mol. The third-order valence-corrected chi connectivity index (χ3v) is 5.05. The van der Waals surface area contributed by atoms with Crippen LogP contribution in [0.4, 0.5) is 0 Å². The molecule has 0 atom stereocenters. The van der Waals surface area contributed by atoms with Crippen LogP contribution in [0.25, 0.3) is 0 Å². The summed E-state index contributed by atoms with van der Waals surface area (Å²) >= 11 is 1.72. The van der Waals surface area contributed by atoms with Crippen LogP contribution in [-0.4, -0.2) is 11.0 Å². The van der Waals surface area contributed by atoms with Gasteiger partial charge in [0, 0.05) is 16.8 Å². The molecule has 1 aromatic heterocycles. The molecule has 0 unspecified atom stereocenters.